The van der Waals surface area contributed by atoms with Gasteiger partial charge < -0.3 is 14.0 Å². The van der Waals surface area contributed by atoms with Crippen molar-refractivity contribution >= 4 is 5.97 Å². The summed E-state index contributed by atoms with van der Waals surface area (Å²) < 4.78 is 13.2. The molecule has 0 amide bonds. The van der Waals surface area contributed by atoms with Gasteiger partial charge in [0.15, 0.2) is 0 Å². The molecule has 2 heterocycles. The van der Waals surface area contributed by atoms with Gasteiger partial charge in [-0.1, -0.05) is 6.92 Å². The van der Waals surface area contributed by atoms with Crippen LogP contribution in [0.25, 0.3) is 0 Å². The molecule has 2 saturated carbocycles. The number of esters is 1. The third-order valence-electron chi connectivity index (χ3n) is 6.84. The first-order chi connectivity index (χ1) is 10.2. The van der Waals surface area contributed by atoms with Crippen LogP contribution in [0.3, 0.4) is 0 Å². The third-order valence-corrected chi connectivity index (χ3v) is 6.84. The predicted molar refractivity (Wildman–Crippen MR) is 83.1 cm³/mol. The number of ether oxygens (including phenoxy) is 2. The van der Waals surface area contributed by atoms with E-state index in [9.17, 15) is 4.79 Å². The van der Waals surface area contributed by atoms with Crippen LogP contribution in [-0.4, -0.2) is 55.4 Å². The van der Waals surface area contributed by atoms with E-state index < -0.39 is 0 Å². The summed E-state index contributed by atoms with van der Waals surface area (Å²) in [6.45, 7) is 5.42. The Morgan fingerprint density at radius 1 is 1.18 bits per heavy atom. The van der Waals surface area contributed by atoms with Gasteiger partial charge in [-0.25, -0.2) is 0 Å². The molecule has 0 N–H and O–H groups in total. The molecule has 0 aromatic carbocycles. The van der Waals surface area contributed by atoms with Gasteiger partial charge in [0.05, 0.1) is 33.3 Å². The van der Waals surface area contributed by atoms with Crippen LogP contribution in [0.15, 0.2) is 0 Å². The Labute approximate surface area is 133 Å². The highest BCUT2D eigenvalue weighted by Crippen LogP contribution is 2.66. The molecule has 124 valence electrons. The van der Waals surface area contributed by atoms with Crippen molar-refractivity contribution in [1.29, 1.82) is 0 Å². The molecule has 4 aliphatic rings. The van der Waals surface area contributed by atoms with E-state index in [1.807, 2.05) is 0 Å². The van der Waals surface area contributed by atoms with Gasteiger partial charge in [-0.05, 0) is 38.5 Å². The monoisotopic (exact) mass is 308 g/mol. The smallest absolute Gasteiger partial charge is 0.315 e. The van der Waals surface area contributed by atoms with E-state index in [-0.39, 0.29) is 29.2 Å². The summed E-state index contributed by atoms with van der Waals surface area (Å²) in [6, 6.07) is 0. The maximum atomic E-state index is 12.8. The summed E-state index contributed by atoms with van der Waals surface area (Å²) in [4.78, 5) is 12.8. The third kappa shape index (κ3) is 1.86. The molecule has 0 radical (unpaired) electrons. The van der Waals surface area contributed by atoms with Gasteiger partial charge in [0.2, 0.25) is 0 Å². The molecular formula is C18H30NO3+. The number of carbonyl (C=O) groups is 1. The maximum absolute atomic E-state index is 12.8. The van der Waals surface area contributed by atoms with Crippen molar-refractivity contribution in [1.82, 2.24) is 0 Å². The Kier molecular flexibility index (Phi) is 2.90. The number of quaternary nitrogens is 1. The van der Waals surface area contributed by atoms with Gasteiger partial charge in [0.25, 0.3) is 0 Å². The van der Waals surface area contributed by atoms with Crippen molar-refractivity contribution in [3.05, 3.63) is 0 Å². The first kappa shape index (κ1) is 14.9. The average Bonchev–Trinajstić information content (AvgIpc) is 3.02. The number of rotatable bonds is 2. The zero-order valence-electron chi connectivity index (χ0n) is 14.6. The number of carbonyl (C=O) groups excluding carboxylic acids is 1. The van der Waals surface area contributed by atoms with Gasteiger partial charge in [-0.2, -0.15) is 0 Å². The van der Waals surface area contributed by atoms with E-state index in [0.717, 1.165) is 30.3 Å². The molecule has 7 atom stereocenters. The lowest BCUT2D eigenvalue weighted by Crippen LogP contribution is -2.58. The second kappa shape index (κ2) is 4.27. The first-order valence-electron chi connectivity index (χ1n) is 8.88. The van der Waals surface area contributed by atoms with Crippen molar-refractivity contribution in [3.8, 4) is 0 Å². The van der Waals surface area contributed by atoms with E-state index >= 15 is 0 Å². The Bertz CT molecular complexity index is 513. The summed E-state index contributed by atoms with van der Waals surface area (Å²) in [7, 11) is 6.50. The molecule has 4 nitrogen and oxygen atoms in total. The van der Waals surface area contributed by atoms with E-state index in [0.29, 0.717) is 17.8 Å². The Hall–Kier alpha value is -0.610. The predicted octanol–water partition coefficient (Wildman–Crippen LogP) is 2.22. The summed E-state index contributed by atoms with van der Waals surface area (Å²) in [6.07, 6.45) is 4.76. The fourth-order valence-electron chi connectivity index (χ4n) is 5.85. The lowest BCUT2D eigenvalue weighted by molar-refractivity contribution is -0.873. The van der Waals surface area contributed by atoms with E-state index in [2.05, 4.69) is 35.0 Å². The standard InChI is InChI=1S/C18H30NO3/c1-11-6-7-14-12(10-19(3,4)5)15(20)21-18(14)13(11)8-9-17(2)16(18)22-17/h11-14,16H,6-10H2,1-5H3/q+1/t11-,12?,13?,14?,16-,17-,18-/m1/s1. The summed E-state index contributed by atoms with van der Waals surface area (Å²) in [5, 5.41) is 0. The minimum atomic E-state index is -0.318. The Morgan fingerprint density at radius 3 is 2.59 bits per heavy atom. The minimum Gasteiger partial charge on any atom is -0.455 e. The van der Waals surface area contributed by atoms with Gasteiger partial charge in [-0.15, -0.1) is 0 Å². The highest BCUT2D eigenvalue weighted by Gasteiger charge is 2.77. The molecule has 2 aliphatic carbocycles. The van der Waals surface area contributed by atoms with Crippen LogP contribution in [0.4, 0.5) is 0 Å². The van der Waals surface area contributed by atoms with Gasteiger partial charge in [0, 0.05) is 11.8 Å². The Morgan fingerprint density at radius 2 is 1.91 bits per heavy atom. The van der Waals surface area contributed by atoms with Crippen molar-refractivity contribution in [2.75, 3.05) is 27.7 Å². The lowest BCUT2D eigenvalue weighted by atomic mass is 9.55. The van der Waals surface area contributed by atoms with Crippen LogP contribution < -0.4 is 0 Å². The number of hydrogen-bond acceptors (Lipinski definition) is 3. The highest BCUT2D eigenvalue weighted by atomic mass is 16.7. The number of epoxide rings is 1. The SMILES string of the molecule is C[C@@H]1CCC2C(C[N+](C)(C)C)C(=O)O[C@]23C1CC[C@@]1(C)O[C@@H]31. The highest BCUT2D eigenvalue weighted by molar-refractivity contribution is 5.77. The van der Waals surface area contributed by atoms with Gasteiger partial charge >= 0.3 is 5.97 Å². The van der Waals surface area contributed by atoms with Crippen molar-refractivity contribution in [2.45, 2.75) is 56.8 Å². The van der Waals surface area contributed by atoms with Crippen molar-refractivity contribution in [3.63, 3.8) is 0 Å². The van der Waals surface area contributed by atoms with Gasteiger partial charge in [-0.3, -0.25) is 4.79 Å². The molecule has 4 heteroatoms. The largest absolute Gasteiger partial charge is 0.455 e. The fourth-order valence-corrected chi connectivity index (χ4v) is 5.85. The molecule has 0 bridgehead atoms. The molecule has 2 saturated heterocycles. The van der Waals surface area contributed by atoms with Crippen LogP contribution in [0.5, 0.6) is 0 Å². The second-order valence-electron chi connectivity index (χ2n) is 9.47. The topological polar surface area (TPSA) is 38.8 Å². The first-order valence-corrected chi connectivity index (χ1v) is 8.88. The van der Waals surface area contributed by atoms with Crippen molar-refractivity contribution < 1.29 is 18.8 Å². The maximum Gasteiger partial charge on any atom is 0.315 e. The molecular weight excluding hydrogens is 278 g/mol. The van der Waals surface area contributed by atoms with Crippen LogP contribution in [0.2, 0.25) is 0 Å². The number of fused-ring (bicyclic) bond motifs is 1. The molecule has 22 heavy (non-hydrogen) atoms. The van der Waals surface area contributed by atoms with E-state index in [1.165, 1.54) is 6.42 Å². The molecule has 3 unspecified atom stereocenters. The molecule has 0 aromatic heterocycles. The quantitative estimate of drug-likeness (QED) is 0.446. The van der Waals surface area contributed by atoms with E-state index in [4.69, 9.17) is 9.47 Å². The second-order valence-corrected chi connectivity index (χ2v) is 9.47. The number of nitrogens with zero attached hydrogens (tertiary/aromatic N) is 1. The minimum absolute atomic E-state index is 0.0302. The molecule has 0 aromatic rings. The summed E-state index contributed by atoms with van der Waals surface area (Å²) >= 11 is 0. The number of hydrogen-bond donors (Lipinski definition) is 0. The zero-order chi connectivity index (χ0) is 15.9. The Balaban J connectivity index is 1.72. The normalized spacial score (nSPS) is 53.3. The fraction of sp³-hybridized carbons (Fsp3) is 0.944. The van der Waals surface area contributed by atoms with Crippen molar-refractivity contribution in [2.24, 2.45) is 23.7 Å². The summed E-state index contributed by atoms with van der Waals surface area (Å²) in [5.74, 6) is 1.57. The molecule has 4 rings (SSSR count). The van der Waals surface area contributed by atoms with Crippen LogP contribution >= 0.6 is 0 Å². The van der Waals surface area contributed by atoms with Crippen LogP contribution in [-0.2, 0) is 14.3 Å². The molecule has 4 fully saturated rings. The van der Waals surface area contributed by atoms with Crippen LogP contribution in [0.1, 0.15) is 39.5 Å². The van der Waals surface area contributed by atoms with Crippen LogP contribution in [0, 0.1) is 23.7 Å². The molecule has 1 spiro atoms. The lowest BCUT2D eigenvalue weighted by Gasteiger charge is -2.50. The summed E-state index contributed by atoms with van der Waals surface area (Å²) in [5.41, 5.74) is -0.348. The zero-order valence-corrected chi connectivity index (χ0v) is 14.6. The molecule has 2 aliphatic heterocycles. The average molecular weight is 308 g/mol. The van der Waals surface area contributed by atoms with E-state index in [1.54, 1.807) is 0 Å². The van der Waals surface area contributed by atoms with Gasteiger partial charge in [0.1, 0.15) is 17.6 Å².